The average molecular weight is 180 g/mol. The highest BCUT2D eigenvalue weighted by molar-refractivity contribution is 4.84. The zero-order valence-electron chi connectivity index (χ0n) is 8.79. The standard InChI is InChI=1S/C11H20N2/c1-3-6-13(8-10(2)7-12)9-11-4-5-11/h10-11H,3-6,8-9H2,1-2H3. The molecule has 2 heteroatoms. The van der Waals surface area contributed by atoms with Crippen LogP contribution in [0.3, 0.4) is 0 Å². The van der Waals surface area contributed by atoms with Gasteiger partial charge in [0.05, 0.1) is 12.0 Å². The molecular weight excluding hydrogens is 160 g/mol. The molecule has 0 aromatic heterocycles. The molecule has 1 unspecified atom stereocenters. The molecule has 1 saturated carbocycles. The molecule has 0 bridgehead atoms. The summed E-state index contributed by atoms with van der Waals surface area (Å²) in [7, 11) is 0. The van der Waals surface area contributed by atoms with Gasteiger partial charge in [0.1, 0.15) is 0 Å². The molecule has 2 nitrogen and oxygen atoms in total. The van der Waals surface area contributed by atoms with E-state index in [1.165, 1.54) is 25.8 Å². The quantitative estimate of drug-likeness (QED) is 0.627. The summed E-state index contributed by atoms with van der Waals surface area (Å²) in [5.74, 6) is 1.13. The van der Waals surface area contributed by atoms with Crippen molar-refractivity contribution in [2.45, 2.75) is 33.1 Å². The molecule has 1 aliphatic carbocycles. The first-order chi connectivity index (χ1) is 6.26. The molecule has 1 aliphatic rings. The van der Waals surface area contributed by atoms with Crippen LogP contribution in [0.4, 0.5) is 0 Å². The lowest BCUT2D eigenvalue weighted by molar-refractivity contribution is 0.246. The Morgan fingerprint density at radius 3 is 2.69 bits per heavy atom. The number of rotatable bonds is 6. The van der Waals surface area contributed by atoms with Crippen molar-refractivity contribution < 1.29 is 0 Å². The molecule has 1 rings (SSSR count). The largest absolute Gasteiger partial charge is 0.302 e. The Kier molecular flexibility index (Phi) is 4.24. The summed E-state index contributed by atoms with van der Waals surface area (Å²) < 4.78 is 0. The minimum absolute atomic E-state index is 0.185. The molecule has 0 heterocycles. The normalized spacial score (nSPS) is 18.6. The molecule has 0 aromatic carbocycles. The molecule has 74 valence electrons. The van der Waals surface area contributed by atoms with Crippen molar-refractivity contribution in [1.29, 1.82) is 5.26 Å². The number of hydrogen-bond acceptors (Lipinski definition) is 2. The molecule has 0 aromatic rings. The maximum atomic E-state index is 8.72. The average Bonchev–Trinajstić information content (AvgIpc) is 2.88. The molecule has 0 amide bonds. The van der Waals surface area contributed by atoms with E-state index in [4.69, 9.17) is 5.26 Å². The first-order valence-electron chi connectivity index (χ1n) is 5.38. The molecule has 0 aliphatic heterocycles. The van der Waals surface area contributed by atoms with E-state index in [9.17, 15) is 0 Å². The van der Waals surface area contributed by atoms with Gasteiger partial charge in [-0.3, -0.25) is 0 Å². The van der Waals surface area contributed by atoms with Crippen molar-refractivity contribution in [3.05, 3.63) is 0 Å². The predicted molar refractivity (Wildman–Crippen MR) is 54.2 cm³/mol. The lowest BCUT2D eigenvalue weighted by Gasteiger charge is -2.22. The third-order valence-electron chi connectivity index (χ3n) is 2.51. The highest BCUT2D eigenvalue weighted by Gasteiger charge is 2.24. The van der Waals surface area contributed by atoms with Gasteiger partial charge in [-0.2, -0.15) is 5.26 Å². The van der Waals surface area contributed by atoms with Gasteiger partial charge in [0.2, 0.25) is 0 Å². The highest BCUT2D eigenvalue weighted by Crippen LogP contribution is 2.29. The van der Waals surface area contributed by atoms with Crippen LogP contribution in [0.2, 0.25) is 0 Å². The second kappa shape index (κ2) is 5.24. The van der Waals surface area contributed by atoms with Crippen LogP contribution >= 0.6 is 0 Å². The van der Waals surface area contributed by atoms with Gasteiger partial charge in [-0.05, 0) is 38.6 Å². The van der Waals surface area contributed by atoms with Crippen LogP contribution in [0.1, 0.15) is 33.1 Å². The lowest BCUT2D eigenvalue weighted by Crippen LogP contribution is -2.30. The van der Waals surface area contributed by atoms with Crippen LogP contribution in [0, 0.1) is 23.2 Å². The smallest absolute Gasteiger partial charge is 0.0666 e. The molecule has 1 atom stereocenters. The van der Waals surface area contributed by atoms with E-state index >= 15 is 0 Å². The summed E-state index contributed by atoms with van der Waals surface area (Å²) in [6, 6.07) is 2.31. The van der Waals surface area contributed by atoms with E-state index in [-0.39, 0.29) is 5.92 Å². The number of nitrogens with zero attached hydrogens (tertiary/aromatic N) is 2. The SMILES string of the molecule is CCCN(CC(C)C#N)CC1CC1. The monoisotopic (exact) mass is 180 g/mol. The highest BCUT2D eigenvalue weighted by atomic mass is 15.1. The topological polar surface area (TPSA) is 27.0 Å². The van der Waals surface area contributed by atoms with Gasteiger partial charge in [0.15, 0.2) is 0 Å². The summed E-state index contributed by atoms with van der Waals surface area (Å²) >= 11 is 0. The van der Waals surface area contributed by atoms with E-state index in [0.29, 0.717) is 0 Å². The third-order valence-corrected chi connectivity index (χ3v) is 2.51. The fraction of sp³-hybridized carbons (Fsp3) is 0.909. The van der Waals surface area contributed by atoms with E-state index in [1.807, 2.05) is 6.92 Å². The Morgan fingerprint density at radius 1 is 1.54 bits per heavy atom. The van der Waals surface area contributed by atoms with Crippen molar-refractivity contribution in [3.8, 4) is 6.07 Å². The predicted octanol–water partition coefficient (Wildman–Crippen LogP) is 2.27. The summed E-state index contributed by atoms with van der Waals surface area (Å²) in [6.07, 6.45) is 4.01. The fourth-order valence-corrected chi connectivity index (χ4v) is 1.67. The zero-order chi connectivity index (χ0) is 9.68. The second-order valence-corrected chi connectivity index (χ2v) is 4.23. The van der Waals surface area contributed by atoms with Crippen molar-refractivity contribution >= 4 is 0 Å². The molecule has 0 spiro atoms. The van der Waals surface area contributed by atoms with Gasteiger partial charge in [-0.25, -0.2) is 0 Å². The minimum atomic E-state index is 0.185. The van der Waals surface area contributed by atoms with Gasteiger partial charge in [-0.1, -0.05) is 6.92 Å². The maximum absolute atomic E-state index is 8.72. The molecule has 1 fully saturated rings. The third kappa shape index (κ3) is 4.28. The van der Waals surface area contributed by atoms with Crippen molar-refractivity contribution in [2.24, 2.45) is 11.8 Å². The fourth-order valence-electron chi connectivity index (χ4n) is 1.67. The molecule has 0 saturated heterocycles. The van der Waals surface area contributed by atoms with Gasteiger partial charge in [0, 0.05) is 13.1 Å². The summed E-state index contributed by atoms with van der Waals surface area (Å²) in [4.78, 5) is 2.45. The zero-order valence-corrected chi connectivity index (χ0v) is 8.79. The molecule has 0 radical (unpaired) electrons. The van der Waals surface area contributed by atoms with Crippen LogP contribution in [-0.2, 0) is 0 Å². The summed E-state index contributed by atoms with van der Waals surface area (Å²) in [5.41, 5.74) is 0. The Bertz CT molecular complexity index is 179. The van der Waals surface area contributed by atoms with E-state index < -0.39 is 0 Å². The van der Waals surface area contributed by atoms with Gasteiger partial charge in [0.25, 0.3) is 0 Å². The van der Waals surface area contributed by atoms with E-state index in [1.54, 1.807) is 0 Å². The van der Waals surface area contributed by atoms with Crippen LogP contribution in [0.15, 0.2) is 0 Å². The van der Waals surface area contributed by atoms with Gasteiger partial charge in [-0.15, -0.1) is 0 Å². The molecular formula is C11H20N2. The Hall–Kier alpha value is -0.550. The second-order valence-electron chi connectivity index (χ2n) is 4.23. The molecule has 13 heavy (non-hydrogen) atoms. The first-order valence-corrected chi connectivity index (χ1v) is 5.38. The Morgan fingerprint density at radius 2 is 2.23 bits per heavy atom. The van der Waals surface area contributed by atoms with Crippen LogP contribution < -0.4 is 0 Å². The van der Waals surface area contributed by atoms with Crippen molar-refractivity contribution in [3.63, 3.8) is 0 Å². The van der Waals surface area contributed by atoms with Gasteiger partial charge < -0.3 is 4.90 Å². The van der Waals surface area contributed by atoms with E-state index in [2.05, 4.69) is 17.9 Å². The molecule has 0 N–H and O–H groups in total. The van der Waals surface area contributed by atoms with Crippen molar-refractivity contribution in [2.75, 3.05) is 19.6 Å². The minimum Gasteiger partial charge on any atom is -0.302 e. The summed E-state index contributed by atoms with van der Waals surface area (Å²) in [5, 5.41) is 8.72. The lowest BCUT2D eigenvalue weighted by atomic mass is 10.2. The van der Waals surface area contributed by atoms with Gasteiger partial charge >= 0.3 is 0 Å². The van der Waals surface area contributed by atoms with Crippen LogP contribution in [0.5, 0.6) is 0 Å². The maximum Gasteiger partial charge on any atom is 0.0666 e. The van der Waals surface area contributed by atoms with Crippen LogP contribution in [0.25, 0.3) is 0 Å². The van der Waals surface area contributed by atoms with Crippen molar-refractivity contribution in [1.82, 2.24) is 4.90 Å². The van der Waals surface area contributed by atoms with Crippen LogP contribution in [-0.4, -0.2) is 24.5 Å². The number of nitriles is 1. The summed E-state index contributed by atoms with van der Waals surface area (Å²) in [6.45, 7) is 7.55. The Labute approximate surface area is 81.5 Å². The Balaban J connectivity index is 2.23. The van der Waals surface area contributed by atoms with E-state index in [0.717, 1.165) is 19.0 Å². The first kappa shape index (κ1) is 10.5. The number of hydrogen-bond donors (Lipinski definition) is 0.